The first-order valence-corrected chi connectivity index (χ1v) is 9.52. The van der Waals surface area contributed by atoms with E-state index < -0.39 is 5.60 Å². The molecule has 0 aliphatic rings. The summed E-state index contributed by atoms with van der Waals surface area (Å²) in [6.45, 7) is 6.16. The second-order valence-electron chi connectivity index (χ2n) is 7.05. The minimum atomic E-state index is -1.09. The number of rotatable bonds is 9. The molecule has 9 heteroatoms. The van der Waals surface area contributed by atoms with Gasteiger partial charge in [0.1, 0.15) is 11.4 Å². The van der Waals surface area contributed by atoms with Crippen molar-refractivity contribution in [3.05, 3.63) is 48.0 Å². The van der Waals surface area contributed by atoms with Crippen molar-refractivity contribution >= 4 is 35.6 Å². The largest absolute Gasteiger partial charge is 0.383 e. The van der Waals surface area contributed by atoms with E-state index in [0.29, 0.717) is 12.5 Å². The first kappa shape index (κ1) is 25.2. The van der Waals surface area contributed by atoms with Gasteiger partial charge in [0.05, 0.1) is 12.7 Å². The van der Waals surface area contributed by atoms with Crippen LogP contribution in [0.25, 0.3) is 0 Å². The van der Waals surface area contributed by atoms with Crippen LogP contribution in [0.15, 0.2) is 41.7 Å². The van der Waals surface area contributed by atoms with Gasteiger partial charge in [-0.05, 0) is 38.5 Å². The van der Waals surface area contributed by atoms with Crippen molar-refractivity contribution < 1.29 is 9.50 Å². The Morgan fingerprint density at radius 1 is 1.38 bits per heavy atom. The van der Waals surface area contributed by atoms with E-state index >= 15 is 0 Å². The van der Waals surface area contributed by atoms with Gasteiger partial charge < -0.3 is 20.6 Å². The Morgan fingerprint density at radius 3 is 2.76 bits per heavy atom. The van der Waals surface area contributed by atoms with Gasteiger partial charge in [-0.3, -0.25) is 4.68 Å². The zero-order valence-corrected chi connectivity index (χ0v) is 19.9. The van der Waals surface area contributed by atoms with Gasteiger partial charge in [-0.1, -0.05) is 6.07 Å². The molecule has 1 aromatic carbocycles. The maximum atomic E-state index is 13.3. The summed E-state index contributed by atoms with van der Waals surface area (Å²) in [6, 6.07) is 6.57. The molecule has 0 aliphatic carbocycles. The first-order chi connectivity index (χ1) is 13.3. The third-order valence-electron chi connectivity index (χ3n) is 4.43. The lowest BCUT2D eigenvalue weighted by atomic mass is 10.0. The SMILES string of the molecule is CCNC(=NCC(C)(O)c1cnn(C)c1)NCCCN(C)c1cccc(F)c1.I. The predicted octanol–water partition coefficient (Wildman–Crippen LogP) is 2.47. The summed E-state index contributed by atoms with van der Waals surface area (Å²) in [5.41, 5.74) is 0.494. The first-order valence-electron chi connectivity index (χ1n) is 9.52. The summed E-state index contributed by atoms with van der Waals surface area (Å²) in [7, 11) is 3.76. The van der Waals surface area contributed by atoms with Gasteiger partial charge >= 0.3 is 0 Å². The van der Waals surface area contributed by atoms with Crippen LogP contribution in [-0.2, 0) is 12.6 Å². The molecule has 29 heavy (non-hydrogen) atoms. The Bertz CT molecular complexity index is 780. The average Bonchev–Trinajstić information content (AvgIpc) is 3.10. The van der Waals surface area contributed by atoms with E-state index in [9.17, 15) is 9.50 Å². The van der Waals surface area contributed by atoms with E-state index in [-0.39, 0.29) is 36.3 Å². The van der Waals surface area contributed by atoms with E-state index in [4.69, 9.17) is 0 Å². The number of aliphatic hydroxyl groups is 1. The number of nitrogens with zero attached hydrogens (tertiary/aromatic N) is 4. The second kappa shape index (κ2) is 12.0. The van der Waals surface area contributed by atoms with Crippen molar-refractivity contribution in [1.82, 2.24) is 20.4 Å². The third-order valence-corrected chi connectivity index (χ3v) is 4.43. The highest BCUT2D eigenvalue weighted by atomic mass is 127. The quantitative estimate of drug-likeness (QED) is 0.206. The number of anilines is 1. The Hall–Kier alpha value is -1.88. The highest BCUT2D eigenvalue weighted by Crippen LogP contribution is 2.19. The number of aliphatic imine (C=N–C) groups is 1. The van der Waals surface area contributed by atoms with Crippen LogP contribution in [-0.4, -0.2) is 54.1 Å². The van der Waals surface area contributed by atoms with Crippen molar-refractivity contribution in [3.8, 4) is 0 Å². The summed E-state index contributed by atoms with van der Waals surface area (Å²) in [5, 5.41) is 21.2. The van der Waals surface area contributed by atoms with E-state index in [1.807, 2.05) is 32.0 Å². The lowest BCUT2D eigenvalue weighted by Gasteiger charge is -2.21. The summed E-state index contributed by atoms with van der Waals surface area (Å²) in [4.78, 5) is 6.52. The van der Waals surface area contributed by atoms with Crippen LogP contribution in [0.4, 0.5) is 10.1 Å². The number of hydrogen-bond acceptors (Lipinski definition) is 4. The molecule has 7 nitrogen and oxygen atoms in total. The monoisotopic (exact) mass is 518 g/mol. The van der Waals surface area contributed by atoms with Gasteiger partial charge in [-0.2, -0.15) is 5.10 Å². The molecule has 0 aliphatic heterocycles. The molecule has 0 spiro atoms. The average molecular weight is 518 g/mol. The molecule has 0 fully saturated rings. The van der Waals surface area contributed by atoms with Crippen LogP contribution in [0.5, 0.6) is 0 Å². The van der Waals surface area contributed by atoms with Crippen LogP contribution in [0.2, 0.25) is 0 Å². The molecule has 162 valence electrons. The van der Waals surface area contributed by atoms with Crippen LogP contribution in [0.3, 0.4) is 0 Å². The van der Waals surface area contributed by atoms with E-state index in [1.165, 1.54) is 12.1 Å². The smallest absolute Gasteiger partial charge is 0.191 e. The zero-order chi connectivity index (χ0) is 20.6. The maximum Gasteiger partial charge on any atom is 0.191 e. The topological polar surface area (TPSA) is 77.7 Å². The number of benzene rings is 1. The highest BCUT2D eigenvalue weighted by Gasteiger charge is 2.24. The number of aromatic nitrogens is 2. The standard InChI is InChI=1S/C20H31FN6O.HI/c1-5-22-19(24-15-20(2,28)16-13-25-27(4)14-16)23-10-7-11-26(3)18-9-6-8-17(21)12-18;/h6,8-9,12-14,28H,5,7,10-11,15H2,1-4H3,(H2,22,23,24);1H. The van der Waals surface area contributed by atoms with Crippen molar-refractivity contribution in [1.29, 1.82) is 0 Å². The molecule has 0 radical (unpaired) electrons. The fourth-order valence-corrected chi connectivity index (χ4v) is 2.73. The Labute approximate surface area is 189 Å². The van der Waals surface area contributed by atoms with Crippen LogP contribution in [0.1, 0.15) is 25.8 Å². The molecule has 2 aromatic rings. The van der Waals surface area contributed by atoms with Crippen molar-refractivity contribution in [2.75, 3.05) is 38.1 Å². The van der Waals surface area contributed by atoms with Gasteiger partial charge in [-0.15, -0.1) is 24.0 Å². The Balaban J connectivity index is 0.00000420. The molecule has 0 bridgehead atoms. The fourth-order valence-electron chi connectivity index (χ4n) is 2.73. The van der Waals surface area contributed by atoms with E-state index in [1.54, 1.807) is 30.1 Å². The van der Waals surface area contributed by atoms with Crippen molar-refractivity contribution in [2.45, 2.75) is 25.9 Å². The molecule has 0 saturated heterocycles. The zero-order valence-electron chi connectivity index (χ0n) is 17.5. The number of aryl methyl sites for hydroxylation is 1. The number of guanidine groups is 1. The third kappa shape index (κ3) is 8.17. The van der Waals surface area contributed by atoms with E-state index in [2.05, 4.69) is 20.7 Å². The molecule has 2 rings (SSSR count). The van der Waals surface area contributed by atoms with Gasteiger partial charge in [0.25, 0.3) is 0 Å². The van der Waals surface area contributed by atoms with Crippen molar-refractivity contribution in [3.63, 3.8) is 0 Å². The minimum absolute atomic E-state index is 0. The Kier molecular flexibility index (Phi) is 10.4. The number of hydrogen-bond donors (Lipinski definition) is 3. The van der Waals surface area contributed by atoms with Gasteiger partial charge in [0, 0.05) is 51.2 Å². The molecule has 1 heterocycles. The summed E-state index contributed by atoms with van der Waals surface area (Å²) < 4.78 is 15.0. The molecule has 1 aromatic heterocycles. The molecular formula is C20H32FIN6O. The van der Waals surface area contributed by atoms with Gasteiger partial charge in [0.2, 0.25) is 0 Å². The van der Waals surface area contributed by atoms with Crippen molar-refractivity contribution in [2.24, 2.45) is 12.0 Å². The van der Waals surface area contributed by atoms with Gasteiger partial charge in [0.15, 0.2) is 5.96 Å². The van der Waals surface area contributed by atoms with Crippen LogP contribution in [0, 0.1) is 5.82 Å². The normalized spacial score (nSPS) is 13.4. The molecular weight excluding hydrogens is 486 g/mol. The molecule has 0 amide bonds. The second-order valence-corrected chi connectivity index (χ2v) is 7.05. The highest BCUT2D eigenvalue weighted by molar-refractivity contribution is 14.0. The number of halogens is 2. The maximum absolute atomic E-state index is 13.3. The molecule has 1 atom stereocenters. The number of nitrogens with one attached hydrogen (secondary N) is 2. The summed E-state index contributed by atoms with van der Waals surface area (Å²) >= 11 is 0. The van der Waals surface area contributed by atoms with Gasteiger partial charge in [-0.25, -0.2) is 9.38 Å². The minimum Gasteiger partial charge on any atom is -0.383 e. The predicted molar refractivity (Wildman–Crippen MR) is 126 cm³/mol. The summed E-state index contributed by atoms with van der Waals surface area (Å²) in [5.74, 6) is 0.421. The van der Waals surface area contributed by atoms with E-state index in [0.717, 1.165) is 30.8 Å². The lowest BCUT2D eigenvalue weighted by Crippen LogP contribution is -2.40. The Morgan fingerprint density at radius 2 is 2.14 bits per heavy atom. The molecule has 1 unspecified atom stereocenters. The van der Waals surface area contributed by atoms with Crippen LogP contribution >= 0.6 is 24.0 Å². The summed E-state index contributed by atoms with van der Waals surface area (Å²) in [6.07, 6.45) is 4.30. The lowest BCUT2D eigenvalue weighted by molar-refractivity contribution is 0.0672. The molecule has 3 N–H and O–H groups in total. The fraction of sp³-hybridized carbons (Fsp3) is 0.500. The molecule has 0 saturated carbocycles. The van der Waals surface area contributed by atoms with Crippen LogP contribution < -0.4 is 15.5 Å².